The van der Waals surface area contributed by atoms with Crippen molar-refractivity contribution in [3.8, 4) is 0 Å². The van der Waals surface area contributed by atoms with E-state index in [0.29, 0.717) is 23.6 Å². The minimum absolute atomic E-state index is 0.0921. The van der Waals surface area contributed by atoms with E-state index < -0.39 is 16.1 Å². The zero-order valence-electron chi connectivity index (χ0n) is 20.5. The summed E-state index contributed by atoms with van der Waals surface area (Å²) in [6.45, 7) is 5.96. The first kappa shape index (κ1) is 27.7. The molecule has 0 heterocycles. The lowest BCUT2D eigenvalue weighted by molar-refractivity contribution is -0.141. The van der Waals surface area contributed by atoms with Crippen molar-refractivity contribution in [2.45, 2.75) is 52.6 Å². The van der Waals surface area contributed by atoms with Gasteiger partial charge in [-0.3, -0.25) is 13.9 Å². The van der Waals surface area contributed by atoms with E-state index in [2.05, 4.69) is 5.32 Å². The first-order valence-electron chi connectivity index (χ1n) is 11.3. The number of anilines is 1. The fourth-order valence-corrected chi connectivity index (χ4v) is 5.08. The Hall–Kier alpha value is -2.58. The van der Waals surface area contributed by atoms with E-state index in [1.165, 1.54) is 22.5 Å². The fraction of sp³-hybridized carbons (Fsp3) is 0.440. The van der Waals surface area contributed by atoms with Gasteiger partial charge < -0.3 is 10.2 Å². The Bertz CT molecular complexity index is 1120. The molecule has 0 fully saturated rings. The number of nitrogens with one attached hydrogen (secondary N) is 1. The third-order valence-electron chi connectivity index (χ3n) is 5.72. The topological polar surface area (TPSA) is 86.8 Å². The van der Waals surface area contributed by atoms with Gasteiger partial charge in [-0.05, 0) is 55.5 Å². The Morgan fingerprint density at radius 1 is 1.12 bits per heavy atom. The Morgan fingerprint density at radius 3 is 2.38 bits per heavy atom. The second-order valence-electron chi connectivity index (χ2n) is 8.38. The summed E-state index contributed by atoms with van der Waals surface area (Å²) in [5.74, 6) is -0.485. The third kappa shape index (κ3) is 7.21. The van der Waals surface area contributed by atoms with Gasteiger partial charge in [0, 0.05) is 31.6 Å². The van der Waals surface area contributed by atoms with Crippen molar-refractivity contribution in [1.29, 1.82) is 0 Å². The first-order chi connectivity index (χ1) is 16.0. The quantitative estimate of drug-likeness (QED) is 0.497. The van der Waals surface area contributed by atoms with Gasteiger partial charge in [0.05, 0.1) is 11.9 Å². The molecule has 2 aromatic carbocycles. The highest BCUT2D eigenvalue weighted by molar-refractivity contribution is 7.92. The van der Waals surface area contributed by atoms with Gasteiger partial charge in [0.1, 0.15) is 6.04 Å². The smallest absolute Gasteiger partial charge is 0.242 e. The van der Waals surface area contributed by atoms with Crippen molar-refractivity contribution in [1.82, 2.24) is 10.2 Å². The third-order valence-corrected chi connectivity index (χ3v) is 7.27. The number of carbonyl (C=O) groups excluding carboxylic acids is 2. The van der Waals surface area contributed by atoms with Crippen LogP contribution in [0.3, 0.4) is 0 Å². The summed E-state index contributed by atoms with van der Waals surface area (Å²) in [6.07, 6.45) is 2.00. The van der Waals surface area contributed by atoms with E-state index in [4.69, 9.17) is 11.6 Å². The molecular formula is C25H34ClN3O4S. The molecule has 0 aromatic heterocycles. The number of amides is 2. The number of hydrogen-bond acceptors (Lipinski definition) is 4. The molecule has 186 valence electrons. The minimum atomic E-state index is -3.54. The summed E-state index contributed by atoms with van der Waals surface area (Å²) < 4.78 is 26.4. The van der Waals surface area contributed by atoms with Gasteiger partial charge in [0.2, 0.25) is 21.8 Å². The van der Waals surface area contributed by atoms with Crippen molar-refractivity contribution in [3.63, 3.8) is 0 Å². The van der Waals surface area contributed by atoms with Crippen LogP contribution in [0.1, 0.15) is 42.9 Å². The number of sulfonamides is 1. The van der Waals surface area contributed by atoms with E-state index >= 15 is 0 Å². The summed E-state index contributed by atoms with van der Waals surface area (Å²) in [7, 11) is -2.00. The molecule has 1 atom stereocenters. The number of benzene rings is 2. The number of nitrogens with zero attached hydrogens (tertiary/aromatic N) is 2. The monoisotopic (exact) mass is 507 g/mol. The summed E-state index contributed by atoms with van der Waals surface area (Å²) in [6, 6.07) is 12.2. The Morgan fingerprint density at radius 2 is 1.79 bits per heavy atom. The van der Waals surface area contributed by atoms with Crippen LogP contribution in [0, 0.1) is 13.8 Å². The lowest BCUT2D eigenvalue weighted by Crippen LogP contribution is -2.48. The van der Waals surface area contributed by atoms with Crippen LogP contribution >= 0.6 is 11.6 Å². The number of hydrogen-bond donors (Lipinski definition) is 1. The van der Waals surface area contributed by atoms with Crippen LogP contribution in [0.4, 0.5) is 5.69 Å². The summed E-state index contributed by atoms with van der Waals surface area (Å²) in [4.78, 5) is 27.3. The maximum Gasteiger partial charge on any atom is 0.242 e. The summed E-state index contributed by atoms with van der Waals surface area (Å²) in [5, 5.41) is 3.14. The van der Waals surface area contributed by atoms with Gasteiger partial charge in [0.15, 0.2) is 0 Å². The molecule has 0 radical (unpaired) electrons. The van der Waals surface area contributed by atoms with Gasteiger partial charge >= 0.3 is 0 Å². The standard InChI is InChI=1S/C25H34ClN3O4S/c1-6-22(25(31)27-4)28(17-20-10-7-8-11-21(20)26)24(30)12-9-15-29(34(5,32)33)23-16-18(2)13-14-19(23)3/h7-8,10-11,13-14,16,22H,6,9,12,15,17H2,1-5H3,(H,27,31). The molecule has 0 bridgehead atoms. The number of likely N-dealkylation sites (N-methyl/N-ethyl adjacent to an activating group) is 1. The van der Waals surface area contributed by atoms with Crippen molar-refractivity contribution in [2.75, 3.05) is 24.2 Å². The molecule has 1 N–H and O–H groups in total. The largest absolute Gasteiger partial charge is 0.357 e. The zero-order chi connectivity index (χ0) is 25.5. The lowest BCUT2D eigenvalue weighted by Gasteiger charge is -2.31. The predicted octanol–water partition coefficient (Wildman–Crippen LogP) is 4.06. The molecule has 7 nitrogen and oxygen atoms in total. The second kappa shape index (κ2) is 12.2. The molecule has 2 rings (SSSR count). The maximum absolute atomic E-state index is 13.3. The van der Waals surface area contributed by atoms with Crippen molar-refractivity contribution in [3.05, 3.63) is 64.2 Å². The molecule has 2 amide bonds. The Balaban J connectivity index is 2.24. The molecule has 0 spiro atoms. The average Bonchev–Trinajstić information content (AvgIpc) is 2.78. The number of aryl methyl sites for hydroxylation is 2. The normalized spacial score (nSPS) is 12.2. The van der Waals surface area contributed by atoms with E-state index in [9.17, 15) is 18.0 Å². The van der Waals surface area contributed by atoms with Crippen LogP contribution in [0.2, 0.25) is 5.02 Å². The number of halogens is 1. The zero-order valence-corrected chi connectivity index (χ0v) is 22.0. The molecule has 9 heteroatoms. The minimum Gasteiger partial charge on any atom is -0.357 e. The fourth-order valence-electron chi connectivity index (χ4n) is 3.87. The number of rotatable bonds is 11. The average molecular weight is 508 g/mol. The van der Waals surface area contributed by atoms with E-state index in [0.717, 1.165) is 16.7 Å². The van der Waals surface area contributed by atoms with Crippen molar-refractivity contribution >= 4 is 39.1 Å². The van der Waals surface area contributed by atoms with Crippen LogP contribution in [0.15, 0.2) is 42.5 Å². The van der Waals surface area contributed by atoms with Crippen LogP contribution in [0.25, 0.3) is 0 Å². The molecule has 0 aliphatic heterocycles. The van der Waals surface area contributed by atoms with Gasteiger partial charge in [-0.25, -0.2) is 8.42 Å². The van der Waals surface area contributed by atoms with Crippen LogP contribution in [-0.4, -0.2) is 51.0 Å². The highest BCUT2D eigenvalue weighted by atomic mass is 35.5. The molecule has 0 aliphatic rings. The van der Waals surface area contributed by atoms with Crippen molar-refractivity contribution < 1.29 is 18.0 Å². The van der Waals surface area contributed by atoms with Gasteiger partial charge in [-0.2, -0.15) is 0 Å². The first-order valence-corrected chi connectivity index (χ1v) is 13.5. The van der Waals surface area contributed by atoms with Gasteiger partial charge in [-0.15, -0.1) is 0 Å². The Kier molecular flexibility index (Phi) is 9.94. The molecule has 1 unspecified atom stereocenters. The molecular weight excluding hydrogens is 474 g/mol. The predicted molar refractivity (Wildman–Crippen MR) is 137 cm³/mol. The molecule has 0 saturated carbocycles. The second-order valence-corrected chi connectivity index (χ2v) is 10.7. The van der Waals surface area contributed by atoms with Gasteiger partial charge in [-0.1, -0.05) is 48.9 Å². The summed E-state index contributed by atoms with van der Waals surface area (Å²) in [5.41, 5.74) is 3.15. The van der Waals surface area contributed by atoms with Crippen LogP contribution in [0.5, 0.6) is 0 Å². The Labute approximate surface area is 208 Å². The number of carbonyl (C=O) groups is 2. The highest BCUT2D eigenvalue weighted by Crippen LogP contribution is 2.25. The van der Waals surface area contributed by atoms with Crippen LogP contribution in [-0.2, 0) is 26.2 Å². The highest BCUT2D eigenvalue weighted by Gasteiger charge is 2.28. The maximum atomic E-state index is 13.3. The van der Waals surface area contributed by atoms with E-state index in [1.807, 2.05) is 51.1 Å². The van der Waals surface area contributed by atoms with E-state index in [1.54, 1.807) is 12.1 Å². The molecule has 0 saturated heterocycles. The molecule has 0 aliphatic carbocycles. The molecule has 2 aromatic rings. The van der Waals surface area contributed by atoms with Crippen LogP contribution < -0.4 is 9.62 Å². The van der Waals surface area contributed by atoms with E-state index in [-0.39, 0.29) is 31.3 Å². The molecule has 34 heavy (non-hydrogen) atoms. The summed E-state index contributed by atoms with van der Waals surface area (Å²) >= 11 is 6.31. The van der Waals surface area contributed by atoms with Crippen molar-refractivity contribution in [2.24, 2.45) is 0 Å². The SMILES string of the molecule is CCC(C(=O)NC)N(Cc1ccccc1Cl)C(=O)CCCN(c1cc(C)ccc1C)S(C)(=O)=O. The lowest BCUT2D eigenvalue weighted by atomic mass is 10.1. The van der Waals surface area contributed by atoms with Gasteiger partial charge in [0.25, 0.3) is 0 Å².